The second-order valence-electron chi connectivity index (χ2n) is 16.9. The number of hydrogen-bond donors (Lipinski definition) is 3. The van der Waals surface area contributed by atoms with Crippen LogP contribution < -0.4 is 19.5 Å². The molecule has 20 heteroatoms. The van der Waals surface area contributed by atoms with Gasteiger partial charge in [0.2, 0.25) is 5.75 Å². The smallest absolute Gasteiger partial charge is 0.338 e. The van der Waals surface area contributed by atoms with Crippen LogP contribution >= 0.6 is 11.3 Å². The maximum atomic E-state index is 12.8. The molecule has 1 atom stereocenters. The molecular formula is C51H61N9O9S2. The second kappa shape index (κ2) is 23.6. The number of aliphatic hydroxyl groups excluding tert-OH is 1. The van der Waals surface area contributed by atoms with Crippen LogP contribution in [-0.4, -0.2) is 134 Å². The van der Waals surface area contributed by atoms with Gasteiger partial charge in [0.25, 0.3) is 15.9 Å². The van der Waals surface area contributed by atoms with E-state index < -0.39 is 27.4 Å². The summed E-state index contributed by atoms with van der Waals surface area (Å²) < 4.78 is 49.3. The molecule has 376 valence electrons. The lowest BCUT2D eigenvalue weighted by atomic mass is 9.87. The van der Waals surface area contributed by atoms with Crippen LogP contribution in [0.1, 0.15) is 50.8 Å². The van der Waals surface area contributed by atoms with Crippen LogP contribution in [0.15, 0.2) is 121 Å². The highest BCUT2D eigenvalue weighted by molar-refractivity contribution is 7.89. The Morgan fingerprint density at radius 3 is 2.21 bits per heavy atom. The van der Waals surface area contributed by atoms with E-state index in [4.69, 9.17) is 18.9 Å². The number of amides is 1. The molecule has 18 nitrogen and oxygen atoms in total. The summed E-state index contributed by atoms with van der Waals surface area (Å²) in [4.78, 5) is 41.7. The number of methoxy groups -OCH3 is 3. The molecule has 7 aromatic rings. The van der Waals surface area contributed by atoms with Gasteiger partial charge in [0.05, 0.1) is 43.9 Å². The molecule has 1 aliphatic heterocycles. The predicted octanol–water partition coefficient (Wildman–Crippen LogP) is 7.60. The fraction of sp³-hybridized carbons (Fsp3) is 0.314. The molecule has 1 unspecified atom stereocenters. The zero-order chi connectivity index (χ0) is 51.5. The first-order valence-electron chi connectivity index (χ1n) is 22.5. The average molecular weight is 1010 g/mol. The Kier molecular flexibility index (Phi) is 17.6. The minimum Gasteiger partial charge on any atom is -0.505 e. The van der Waals surface area contributed by atoms with E-state index in [0.717, 1.165) is 40.7 Å². The van der Waals surface area contributed by atoms with Crippen molar-refractivity contribution in [1.29, 1.82) is 0 Å². The van der Waals surface area contributed by atoms with E-state index in [9.17, 15) is 23.1 Å². The number of aromatic amines is 1. The van der Waals surface area contributed by atoms with E-state index in [1.807, 2.05) is 43.9 Å². The van der Waals surface area contributed by atoms with E-state index in [-0.39, 0.29) is 28.5 Å². The van der Waals surface area contributed by atoms with Crippen LogP contribution in [0.3, 0.4) is 0 Å². The number of carbonyl (C=O) groups is 2. The monoisotopic (exact) mass is 1010 g/mol. The third-order valence-electron chi connectivity index (χ3n) is 11.9. The Morgan fingerprint density at radius 2 is 1.62 bits per heavy atom. The number of thiazole rings is 1. The molecule has 3 N–H and O–H groups in total. The summed E-state index contributed by atoms with van der Waals surface area (Å²) in [6.45, 7) is 5.95. The van der Waals surface area contributed by atoms with Crippen molar-refractivity contribution in [2.75, 3.05) is 75.0 Å². The molecule has 4 aromatic carbocycles. The number of hydrogen-bond acceptors (Lipinski definition) is 15. The summed E-state index contributed by atoms with van der Waals surface area (Å²) >= 11 is 1.25. The number of sulfonamides is 1. The Morgan fingerprint density at radius 1 is 0.930 bits per heavy atom. The zero-order valence-corrected chi connectivity index (χ0v) is 43.2. The molecular weight excluding hydrogens is 947 g/mol. The standard InChI is InChI=1S/C22H29NO5.C15H19N5.C14H13N3O4S2/c1-7-22(23(2)3,17-11-9-8-10-12-17)15-28-21(24)16-13-18(25-4)20(27-6)19(14-16)26-5;1-19(2)6-5-13-8-17-15-4-3-12(7-14(13)15)9-20-11-16-10-18-20;1-8-7-15-14(22-8)16-13(19)11-12(18)9-5-3-4-6-10(9)23(20,21)17(11)2/h8-14H,7,15H2,1-6H3;3-4,7-8,10-11,17H,5-6,9H2,1-2H3;3-7,18H,1-2H3,(H,15,16,19). The van der Waals surface area contributed by atoms with E-state index >= 15 is 0 Å². The predicted molar refractivity (Wildman–Crippen MR) is 275 cm³/mol. The molecule has 71 heavy (non-hydrogen) atoms. The van der Waals surface area contributed by atoms with Crippen molar-refractivity contribution < 1.29 is 42.1 Å². The van der Waals surface area contributed by atoms with E-state index in [1.54, 1.807) is 43.1 Å². The number of ether oxygens (including phenoxy) is 4. The van der Waals surface area contributed by atoms with Crippen molar-refractivity contribution in [1.82, 2.24) is 38.8 Å². The molecule has 1 aliphatic rings. The number of aryl methyl sites for hydroxylation is 1. The summed E-state index contributed by atoms with van der Waals surface area (Å²) in [5.41, 5.74) is 4.59. The maximum absolute atomic E-state index is 12.8. The van der Waals surface area contributed by atoms with Gasteiger partial charge in [-0.2, -0.15) is 5.10 Å². The normalized spacial score (nSPS) is 13.6. The molecule has 0 radical (unpaired) electrons. The Balaban J connectivity index is 0.000000177. The number of fused-ring (bicyclic) bond motifs is 2. The third-order valence-corrected chi connectivity index (χ3v) is 14.6. The molecule has 0 saturated carbocycles. The number of benzene rings is 4. The van der Waals surface area contributed by atoms with E-state index in [2.05, 4.69) is 92.7 Å². The van der Waals surface area contributed by atoms with Crippen LogP contribution in [0.25, 0.3) is 16.7 Å². The number of nitrogens with one attached hydrogen (secondary N) is 2. The highest BCUT2D eigenvalue weighted by Gasteiger charge is 2.38. The minimum absolute atomic E-state index is 0.0401. The highest BCUT2D eigenvalue weighted by atomic mass is 32.2. The summed E-state index contributed by atoms with van der Waals surface area (Å²) in [6.07, 6.45) is 8.86. The number of anilines is 1. The van der Waals surface area contributed by atoms with Gasteiger partial charge in [-0.25, -0.2) is 27.9 Å². The number of likely N-dealkylation sites (N-methyl/N-ethyl adjacent to an activating group) is 3. The van der Waals surface area contributed by atoms with Gasteiger partial charge in [-0.1, -0.05) is 55.5 Å². The Labute approximate surface area is 418 Å². The van der Waals surface area contributed by atoms with Gasteiger partial charge in [-0.3, -0.25) is 19.3 Å². The first-order chi connectivity index (χ1) is 34.0. The van der Waals surface area contributed by atoms with Gasteiger partial charge < -0.3 is 33.9 Å². The lowest BCUT2D eigenvalue weighted by Gasteiger charge is -2.39. The fourth-order valence-corrected chi connectivity index (χ4v) is 9.99. The number of H-pyrrole nitrogens is 1. The number of aliphatic hydroxyl groups is 1. The van der Waals surface area contributed by atoms with Crippen LogP contribution in [0.4, 0.5) is 5.13 Å². The van der Waals surface area contributed by atoms with Crippen molar-refractivity contribution in [2.24, 2.45) is 0 Å². The van der Waals surface area contributed by atoms with Crippen molar-refractivity contribution in [2.45, 2.75) is 43.7 Å². The lowest BCUT2D eigenvalue weighted by Crippen LogP contribution is -2.45. The van der Waals surface area contributed by atoms with E-state index in [0.29, 0.717) is 27.9 Å². The van der Waals surface area contributed by atoms with Crippen molar-refractivity contribution >= 4 is 55.0 Å². The first kappa shape index (κ1) is 53.1. The molecule has 0 bridgehead atoms. The van der Waals surface area contributed by atoms with Crippen molar-refractivity contribution in [3.8, 4) is 17.2 Å². The van der Waals surface area contributed by atoms with Crippen LogP contribution in [0.2, 0.25) is 0 Å². The first-order valence-corrected chi connectivity index (χ1v) is 24.7. The SMILES string of the molecule is CCC(COC(=O)c1cc(OC)c(OC)c(OC)c1)(c1ccccc1)N(C)C.CN(C)CCc1c[nH]c2ccc(Cn3cncn3)cc12.Cc1cnc(NC(=O)C2=C(O)c3ccccc3S(=O)(=O)N2C)s1. The minimum atomic E-state index is -3.90. The van der Waals surface area contributed by atoms with Crippen molar-refractivity contribution in [3.63, 3.8) is 0 Å². The van der Waals surface area contributed by atoms with Crippen LogP contribution in [0, 0.1) is 6.92 Å². The van der Waals surface area contributed by atoms with Gasteiger partial charge in [0, 0.05) is 47.3 Å². The van der Waals surface area contributed by atoms with Gasteiger partial charge in [0.15, 0.2) is 28.1 Å². The second-order valence-corrected chi connectivity index (χ2v) is 20.0. The summed E-state index contributed by atoms with van der Waals surface area (Å²) in [5, 5.41) is 18.7. The molecule has 0 fully saturated rings. The van der Waals surface area contributed by atoms with Gasteiger partial charge in [-0.15, -0.1) is 11.3 Å². The molecule has 0 saturated heterocycles. The lowest BCUT2D eigenvalue weighted by molar-refractivity contribution is -0.113. The van der Waals surface area contributed by atoms with Gasteiger partial charge in [0.1, 0.15) is 19.3 Å². The maximum Gasteiger partial charge on any atom is 0.338 e. The highest BCUT2D eigenvalue weighted by Crippen LogP contribution is 2.39. The van der Waals surface area contributed by atoms with E-state index in [1.165, 1.54) is 73.9 Å². The molecule has 8 rings (SSSR count). The Bertz CT molecular complexity index is 3040. The number of rotatable bonds is 16. The summed E-state index contributed by atoms with van der Waals surface area (Å²) in [5.74, 6) is -0.324. The zero-order valence-electron chi connectivity index (χ0n) is 41.6. The summed E-state index contributed by atoms with van der Waals surface area (Å²) in [7, 11) is 10.1. The summed E-state index contributed by atoms with van der Waals surface area (Å²) in [6, 6.07) is 25.8. The molecule has 0 spiro atoms. The third kappa shape index (κ3) is 12.2. The number of carbonyl (C=O) groups excluding carboxylic acids is 2. The molecule has 1 amide bonds. The van der Waals surface area contributed by atoms with Gasteiger partial charge in [-0.05, 0) is 101 Å². The fourth-order valence-electron chi connectivity index (χ4n) is 7.94. The molecule has 3 aromatic heterocycles. The number of esters is 1. The van der Waals surface area contributed by atoms with Crippen molar-refractivity contribution in [3.05, 3.63) is 148 Å². The van der Waals surface area contributed by atoms with Gasteiger partial charge >= 0.3 is 5.97 Å². The topological polar surface area (TPSA) is 207 Å². The molecule has 4 heterocycles. The number of nitrogens with zero attached hydrogens (tertiary/aromatic N) is 7. The Hall–Kier alpha value is -7.26. The largest absolute Gasteiger partial charge is 0.505 e. The quantitative estimate of drug-likeness (QED) is 0.0798. The number of aromatic nitrogens is 5. The van der Waals surface area contributed by atoms with Crippen LogP contribution in [0.5, 0.6) is 17.2 Å². The average Bonchev–Trinajstić information content (AvgIpc) is 4.15. The van der Waals surface area contributed by atoms with Crippen LogP contribution in [-0.2, 0) is 38.1 Å². The molecule has 0 aliphatic carbocycles.